The SMILES string of the molecule is CCCCCCOCC1CCC(OC(C)=O)C(O)C1. The number of carbonyl (C=O) groups is 1. The molecular formula is C15H28O4. The van der Waals surface area contributed by atoms with Gasteiger partial charge in [-0.05, 0) is 31.6 Å². The van der Waals surface area contributed by atoms with Crippen LogP contribution in [0.1, 0.15) is 58.8 Å². The normalized spacial score (nSPS) is 27.2. The molecule has 1 saturated carbocycles. The van der Waals surface area contributed by atoms with Crippen LogP contribution in [0.15, 0.2) is 0 Å². The van der Waals surface area contributed by atoms with Gasteiger partial charge in [0, 0.05) is 20.1 Å². The van der Waals surface area contributed by atoms with Crippen molar-refractivity contribution in [3.8, 4) is 0 Å². The molecule has 112 valence electrons. The van der Waals surface area contributed by atoms with Crippen molar-refractivity contribution in [3.05, 3.63) is 0 Å². The van der Waals surface area contributed by atoms with Crippen LogP contribution in [-0.2, 0) is 14.3 Å². The van der Waals surface area contributed by atoms with Crippen molar-refractivity contribution in [3.63, 3.8) is 0 Å². The number of rotatable bonds is 8. The lowest BCUT2D eigenvalue weighted by Gasteiger charge is -2.32. The van der Waals surface area contributed by atoms with Gasteiger partial charge in [-0.1, -0.05) is 26.2 Å². The summed E-state index contributed by atoms with van der Waals surface area (Å²) >= 11 is 0. The molecule has 4 nitrogen and oxygen atoms in total. The quantitative estimate of drug-likeness (QED) is 0.545. The monoisotopic (exact) mass is 272 g/mol. The summed E-state index contributed by atoms with van der Waals surface area (Å²) in [6, 6.07) is 0. The first-order chi connectivity index (χ1) is 9.13. The molecule has 0 aromatic rings. The maximum atomic E-state index is 10.9. The predicted octanol–water partition coefficient (Wildman–Crippen LogP) is 2.68. The number of esters is 1. The summed E-state index contributed by atoms with van der Waals surface area (Å²) in [7, 11) is 0. The van der Waals surface area contributed by atoms with E-state index < -0.39 is 6.10 Å². The molecule has 0 saturated heterocycles. The predicted molar refractivity (Wildman–Crippen MR) is 73.9 cm³/mol. The Labute approximate surface area is 116 Å². The van der Waals surface area contributed by atoms with E-state index in [1.54, 1.807) is 0 Å². The lowest BCUT2D eigenvalue weighted by Crippen LogP contribution is -2.38. The van der Waals surface area contributed by atoms with E-state index in [1.165, 1.54) is 26.2 Å². The highest BCUT2D eigenvalue weighted by atomic mass is 16.6. The van der Waals surface area contributed by atoms with E-state index in [-0.39, 0.29) is 12.1 Å². The zero-order chi connectivity index (χ0) is 14.1. The third-order valence-electron chi connectivity index (χ3n) is 3.68. The van der Waals surface area contributed by atoms with Crippen molar-refractivity contribution in [1.82, 2.24) is 0 Å². The smallest absolute Gasteiger partial charge is 0.302 e. The average Bonchev–Trinajstić information content (AvgIpc) is 2.36. The minimum Gasteiger partial charge on any atom is -0.460 e. The molecule has 0 heterocycles. The van der Waals surface area contributed by atoms with E-state index in [9.17, 15) is 9.90 Å². The third kappa shape index (κ3) is 6.92. The highest BCUT2D eigenvalue weighted by Gasteiger charge is 2.31. The van der Waals surface area contributed by atoms with E-state index >= 15 is 0 Å². The van der Waals surface area contributed by atoms with Gasteiger partial charge >= 0.3 is 5.97 Å². The number of aliphatic hydroxyl groups is 1. The number of carbonyl (C=O) groups excluding carboxylic acids is 1. The van der Waals surface area contributed by atoms with Gasteiger partial charge in [0.15, 0.2) is 0 Å². The number of aliphatic hydroxyl groups excluding tert-OH is 1. The molecule has 0 radical (unpaired) electrons. The molecule has 0 bridgehead atoms. The lowest BCUT2D eigenvalue weighted by atomic mass is 9.86. The van der Waals surface area contributed by atoms with Gasteiger partial charge in [-0.15, -0.1) is 0 Å². The van der Waals surface area contributed by atoms with Crippen LogP contribution in [0.2, 0.25) is 0 Å². The van der Waals surface area contributed by atoms with E-state index in [2.05, 4.69) is 6.92 Å². The molecule has 0 aromatic heterocycles. The van der Waals surface area contributed by atoms with Crippen molar-refractivity contribution in [1.29, 1.82) is 0 Å². The van der Waals surface area contributed by atoms with Crippen LogP contribution >= 0.6 is 0 Å². The Hall–Kier alpha value is -0.610. The Morgan fingerprint density at radius 3 is 2.68 bits per heavy atom. The van der Waals surface area contributed by atoms with Crippen molar-refractivity contribution in [2.45, 2.75) is 71.0 Å². The Kier molecular flexibility index (Phi) is 8.07. The fraction of sp³-hybridized carbons (Fsp3) is 0.933. The largest absolute Gasteiger partial charge is 0.460 e. The summed E-state index contributed by atoms with van der Waals surface area (Å²) in [6.07, 6.45) is 6.39. The number of ether oxygens (including phenoxy) is 2. The Balaban J connectivity index is 2.09. The van der Waals surface area contributed by atoms with Gasteiger partial charge in [-0.2, -0.15) is 0 Å². The molecule has 1 rings (SSSR count). The third-order valence-corrected chi connectivity index (χ3v) is 3.68. The van der Waals surface area contributed by atoms with Crippen LogP contribution in [0.5, 0.6) is 0 Å². The number of hydrogen-bond acceptors (Lipinski definition) is 4. The first-order valence-electron chi connectivity index (χ1n) is 7.56. The Morgan fingerprint density at radius 1 is 1.26 bits per heavy atom. The van der Waals surface area contributed by atoms with E-state index in [0.29, 0.717) is 12.3 Å². The molecule has 19 heavy (non-hydrogen) atoms. The van der Waals surface area contributed by atoms with E-state index in [0.717, 1.165) is 32.5 Å². The standard InChI is InChI=1S/C15H28O4/c1-3-4-5-6-9-18-11-13-7-8-15(14(17)10-13)19-12(2)16/h13-15,17H,3-11H2,1-2H3. The van der Waals surface area contributed by atoms with Crippen LogP contribution in [-0.4, -0.2) is 36.5 Å². The highest BCUT2D eigenvalue weighted by Crippen LogP contribution is 2.27. The van der Waals surface area contributed by atoms with E-state index in [4.69, 9.17) is 9.47 Å². The fourth-order valence-corrected chi connectivity index (χ4v) is 2.59. The molecule has 3 unspecified atom stereocenters. The lowest BCUT2D eigenvalue weighted by molar-refractivity contribution is -0.156. The molecule has 1 fully saturated rings. The molecule has 1 aliphatic carbocycles. The summed E-state index contributed by atoms with van der Waals surface area (Å²) in [5.41, 5.74) is 0. The molecule has 4 heteroatoms. The van der Waals surface area contributed by atoms with Crippen LogP contribution in [0.3, 0.4) is 0 Å². The maximum Gasteiger partial charge on any atom is 0.302 e. The minimum atomic E-state index is -0.536. The van der Waals surface area contributed by atoms with Crippen molar-refractivity contribution < 1.29 is 19.4 Å². The summed E-state index contributed by atoms with van der Waals surface area (Å²) in [4.78, 5) is 10.9. The summed E-state index contributed by atoms with van der Waals surface area (Å²) in [5.74, 6) is 0.0858. The van der Waals surface area contributed by atoms with Gasteiger partial charge in [-0.25, -0.2) is 0 Å². The number of hydrogen-bond donors (Lipinski definition) is 1. The van der Waals surface area contributed by atoms with Crippen LogP contribution in [0, 0.1) is 5.92 Å². The average molecular weight is 272 g/mol. The molecular weight excluding hydrogens is 244 g/mol. The van der Waals surface area contributed by atoms with Crippen molar-refractivity contribution >= 4 is 5.97 Å². The van der Waals surface area contributed by atoms with Crippen LogP contribution in [0.4, 0.5) is 0 Å². The first-order valence-corrected chi connectivity index (χ1v) is 7.56. The second-order valence-electron chi connectivity index (χ2n) is 5.53. The highest BCUT2D eigenvalue weighted by molar-refractivity contribution is 5.66. The van der Waals surface area contributed by atoms with Gasteiger partial charge in [-0.3, -0.25) is 4.79 Å². The molecule has 0 aromatic carbocycles. The molecule has 3 atom stereocenters. The topological polar surface area (TPSA) is 55.8 Å². The molecule has 1 N–H and O–H groups in total. The fourth-order valence-electron chi connectivity index (χ4n) is 2.59. The van der Waals surface area contributed by atoms with Crippen molar-refractivity contribution in [2.24, 2.45) is 5.92 Å². The zero-order valence-corrected chi connectivity index (χ0v) is 12.3. The van der Waals surface area contributed by atoms with Gasteiger partial charge in [0.1, 0.15) is 6.10 Å². The Morgan fingerprint density at radius 2 is 2.05 bits per heavy atom. The van der Waals surface area contributed by atoms with E-state index in [1.807, 2.05) is 0 Å². The second kappa shape index (κ2) is 9.32. The van der Waals surface area contributed by atoms with Crippen molar-refractivity contribution in [2.75, 3.05) is 13.2 Å². The van der Waals surface area contributed by atoms with Gasteiger partial charge < -0.3 is 14.6 Å². The molecule has 0 aliphatic heterocycles. The Bertz CT molecular complexity index is 255. The summed E-state index contributed by atoms with van der Waals surface area (Å²) in [5, 5.41) is 9.93. The van der Waals surface area contributed by atoms with Gasteiger partial charge in [0.2, 0.25) is 0 Å². The summed E-state index contributed by atoms with van der Waals surface area (Å²) < 4.78 is 10.8. The van der Waals surface area contributed by atoms with Gasteiger partial charge in [0.05, 0.1) is 6.10 Å². The number of unbranched alkanes of at least 4 members (excludes halogenated alkanes) is 3. The molecule has 0 spiro atoms. The van der Waals surface area contributed by atoms with Crippen LogP contribution in [0.25, 0.3) is 0 Å². The van der Waals surface area contributed by atoms with Crippen LogP contribution < -0.4 is 0 Å². The maximum absolute atomic E-state index is 10.9. The second-order valence-corrected chi connectivity index (χ2v) is 5.53. The minimum absolute atomic E-state index is 0.310. The summed E-state index contributed by atoms with van der Waals surface area (Å²) in [6.45, 7) is 5.12. The first kappa shape index (κ1) is 16.4. The van der Waals surface area contributed by atoms with Gasteiger partial charge in [0.25, 0.3) is 0 Å². The zero-order valence-electron chi connectivity index (χ0n) is 12.3. The molecule has 0 amide bonds. The molecule has 1 aliphatic rings.